The zero-order valence-corrected chi connectivity index (χ0v) is 14.4. The molecule has 1 aromatic carbocycles. The highest BCUT2D eigenvalue weighted by molar-refractivity contribution is 9.10. The molecule has 0 fully saturated rings. The first kappa shape index (κ1) is 17.7. The summed E-state index contributed by atoms with van der Waals surface area (Å²) in [6.45, 7) is 7.45. The van der Waals surface area contributed by atoms with Gasteiger partial charge >= 0.3 is 0 Å². The van der Waals surface area contributed by atoms with Crippen LogP contribution in [0.5, 0.6) is 0 Å². The van der Waals surface area contributed by atoms with Crippen LogP contribution in [0.2, 0.25) is 0 Å². The second kappa shape index (κ2) is 8.82. The Labute approximate surface area is 135 Å². The lowest BCUT2D eigenvalue weighted by atomic mass is 10.1. The second-order valence-corrected chi connectivity index (χ2v) is 6.33. The van der Waals surface area contributed by atoms with E-state index < -0.39 is 0 Å². The lowest BCUT2D eigenvalue weighted by Crippen LogP contribution is -2.39. The summed E-state index contributed by atoms with van der Waals surface area (Å²) in [5.41, 5.74) is 0.959. The van der Waals surface area contributed by atoms with Gasteiger partial charge in [0.05, 0.1) is 6.42 Å². The van der Waals surface area contributed by atoms with Crippen molar-refractivity contribution in [2.45, 2.75) is 27.2 Å². The molecule has 0 spiro atoms. The van der Waals surface area contributed by atoms with Crippen LogP contribution >= 0.6 is 15.9 Å². The van der Waals surface area contributed by atoms with Gasteiger partial charge in [-0.05, 0) is 17.5 Å². The highest BCUT2D eigenvalue weighted by Crippen LogP contribution is 2.16. The van der Waals surface area contributed by atoms with Crippen molar-refractivity contribution in [3.05, 3.63) is 34.3 Å². The molecule has 2 amide bonds. The quantitative estimate of drug-likeness (QED) is 0.818. The van der Waals surface area contributed by atoms with E-state index in [4.69, 9.17) is 0 Å². The minimum absolute atomic E-state index is 0.0325. The summed E-state index contributed by atoms with van der Waals surface area (Å²) in [6.07, 6.45) is 0.339. The Bertz CT molecular complexity index is 489. The number of benzene rings is 1. The molecular formula is C16H23BrN2O2. The number of nitrogens with zero attached hydrogens (tertiary/aromatic N) is 1. The molecule has 1 aromatic rings. The summed E-state index contributed by atoms with van der Waals surface area (Å²) in [6, 6.07) is 7.67. The number of carbonyl (C=O) groups is 2. The van der Waals surface area contributed by atoms with E-state index in [1.165, 1.54) is 0 Å². The van der Waals surface area contributed by atoms with E-state index in [1.807, 2.05) is 24.3 Å². The number of nitrogens with one attached hydrogen (secondary N) is 1. The summed E-state index contributed by atoms with van der Waals surface area (Å²) in [5.74, 6) is 0.434. The summed E-state index contributed by atoms with van der Waals surface area (Å²) < 4.78 is 0.935. The van der Waals surface area contributed by atoms with Crippen LogP contribution in [-0.4, -0.2) is 36.3 Å². The van der Waals surface area contributed by atoms with Gasteiger partial charge < -0.3 is 10.2 Å². The highest BCUT2D eigenvalue weighted by Gasteiger charge is 2.11. The first-order chi connectivity index (χ1) is 9.90. The van der Waals surface area contributed by atoms with Crippen molar-refractivity contribution in [1.82, 2.24) is 10.2 Å². The Hall–Kier alpha value is -1.36. The molecule has 0 saturated heterocycles. The number of amides is 2. The van der Waals surface area contributed by atoms with Crippen molar-refractivity contribution < 1.29 is 9.59 Å². The molecule has 0 heterocycles. The van der Waals surface area contributed by atoms with Crippen LogP contribution < -0.4 is 5.32 Å². The molecule has 5 heteroatoms. The molecule has 0 saturated carbocycles. The Morgan fingerprint density at radius 3 is 2.52 bits per heavy atom. The van der Waals surface area contributed by atoms with Crippen LogP contribution in [0.1, 0.15) is 26.3 Å². The minimum atomic E-state index is -0.0325. The van der Waals surface area contributed by atoms with Gasteiger partial charge in [-0.25, -0.2) is 0 Å². The lowest BCUT2D eigenvalue weighted by Gasteiger charge is -2.23. The average molecular weight is 355 g/mol. The van der Waals surface area contributed by atoms with Gasteiger partial charge in [0.1, 0.15) is 0 Å². The largest absolute Gasteiger partial charge is 0.354 e. The zero-order valence-electron chi connectivity index (χ0n) is 12.9. The standard InChI is InChI=1S/C16H23BrN2O2/c1-12(2)11-19(13(3)20)9-8-18-16(21)10-14-6-4-5-7-15(14)17/h4-7,12H,8-11H2,1-3H3,(H,18,21). The normalized spacial score (nSPS) is 10.5. The Kier molecular flexibility index (Phi) is 7.43. The van der Waals surface area contributed by atoms with Gasteiger partial charge in [0.15, 0.2) is 0 Å². The maximum atomic E-state index is 11.9. The predicted octanol–water partition coefficient (Wildman–Crippen LogP) is 2.61. The SMILES string of the molecule is CC(=O)N(CCNC(=O)Cc1ccccc1Br)CC(C)C. The molecule has 0 atom stereocenters. The molecular weight excluding hydrogens is 332 g/mol. The molecule has 116 valence electrons. The molecule has 0 unspecified atom stereocenters. The number of hydrogen-bond acceptors (Lipinski definition) is 2. The van der Waals surface area contributed by atoms with Crippen molar-refractivity contribution in [2.75, 3.05) is 19.6 Å². The lowest BCUT2D eigenvalue weighted by molar-refractivity contribution is -0.130. The van der Waals surface area contributed by atoms with Gasteiger partial charge in [-0.3, -0.25) is 9.59 Å². The fourth-order valence-corrected chi connectivity index (χ4v) is 2.45. The topological polar surface area (TPSA) is 49.4 Å². The van der Waals surface area contributed by atoms with Crippen LogP contribution in [0.25, 0.3) is 0 Å². The maximum Gasteiger partial charge on any atom is 0.224 e. The first-order valence-corrected chi connectivity index (χ1v) is 7.95. The van der Waals surface area contributed by atoms with E-state index in [0.29, 0.717) is 25.4 Å². The smallest absolute Gasteiger partial charge is 0.224 e. The molecule has 0 radical (unpaired) electrons. The number of halogens is 1. The maximum absolute atomic E-state index is 11.9. The molecule has 1 N–H and O–H groups in total. The molecule has 1 rings (SSSR count). The van der Waals surface area contributed by atoms with Crippen molar-refractivity contribution in [1.29, 1.82) is 0 Å². The van der Waals surface area contributed by atoms with E-state index in [2.05, 4.69) is 35.1 Å². The Morgan fingerprint density at radius 2 is 1.95 bits per heavy atom. The van der Waals surface area contributed by atoms with Crippen molar-refractivity contribution in [3.8, 4) is 0 Å². The second-order valence-electron chi connectivity index (χ2n) is 5.48. The van der Waals surface area contributed by atoms with E-state index >= 15 is 0 Å². The Balaban J connectivity index is 2.39. The molecule has 0 aliphatic carbocycles. The number of hydrogen-bond donors (Lipinski definition) is 1. The third kappa shape index (κ3) is 6.76. The zero-order chi connectivity index (χ0) is 15.8. The number of rotatable bonds is 7. The van der Waals surface area contributed by atoms with Gasteiger partial charge in [-0.1, -0.05) is 48.0 Å². The first-order valence-electron chi connectivity index (χ1n) is 7.15. The average Bonchev–Trinajstić information content (AvgIpc) is 2.39. The van der Waals surface area contributed by atoms with Gasteiger partial charge in [-0.2, -0.15) is 0 Å². The highest BCUT2D eigenvalue weighted by atomic mass is 79.9. The third-order valence-corrected chi connectivity index (χ3v) is 3.82. The monoisotopic (exact) mass is 354 g/mol. The van der Waals surface area contributed by atoms with Crippen molar-refractivity contribution >= 4 is 27.7 Å². The summed E-state index contributed by atoms with van der Waals surface area (Å²) in [5, 5.41) is 2.86. The molecule has 0 aliphatic heterocycles. The van der Waals surface area contributed by atoms with Crippen LogP contribution in [-0.2, 0) is 16.0 Å². The van der Waals surface area contributed by atoms with Crippen LogP contribution in [0.3, 0.4) is 0 Å². The summed E-state index contributed by atoms with van der Waals surface area (Å²) >= 11 is 3.43. The summed E-state index contributed by atoms with van der Waals surface area (Å²) in [7, 11) is 0. The molecule has 0 aromatic heterocycles. The fourth-order valence-electron chi connectivity index (χ4n) is 2.03. The molecule has 21 heavy (non-hydrogen) atoms. The molecule has 4 nitrogen and oxygen atoms in total. The van der Waals surface area contributed by atoms with Crippen LogP contribution in [0, 0.1) is 5.92 Å². The van der Waals surface area contributed by atoms with Gasteiger partial charge in [-0.15, -0.1) is 0 Å². The van der Waals surface area contributed by atoms with E-state index in [9.17, 15) is 9.59 Å². The van der Waals surface area contributed by atoms with Crippen LogP contribution in [0.4, 0.5) is 0 Å². The Morgan fingerprint density at radius 1 is 1.29 bits per heavy atom. The molecule has 0 bridgehead atoms. The van der Waals surface area contributed by atoms with Crippen molar-refractivity contribution in [3.63, 3.8) is 0 Å². The van der Waals surface area contributed by atoms with E-state index in [1.54, 1.807) is 11.8 Å². The third-order valence-electron chi connectivity index (χ3n) is 3.04. The van der Waals surface area contributed by atoms with E-state index in [-0.39, 0.29) is 11.8 Å². The fraction of sp³-hybridized carbons (Fsp3) is 0.500. The summed E-state index contributed by atoms with van der Waals surface area (Å²) in [4.78, 5) is 25.2. The van der Waals surface area contributed by atoms with E-state index in [0.717, 1.165) is 16.6 Å². The predicted molar refractivity (Wildman–Crippen MR) is 87.9 cm³/mol. The number of carbonyl (C=O) groups excluding carboxylic acids is 2. The van der Waals surface area contributed by atoms with Gasteiger partial charge in [0, 0.05) is 31.0 Å². The molecule has 0 aliphatic rings. The van der Waals surface area contributed by atoms with Crippen LogP contribution in [0.15, 0.2) is 28.7 Å². The van der Waals surface area contributed by atoms with Crippen molar-refractivity contribution in [2.24, 2.45) is 5.92 Å². The van der Waals surface area contributed by atoms with Gasteiger partial charge in [0.25, 0.3) is 0 Å². The van der Waals surface area contributed by atoms with Gasteiger partial charge in [0.2, 0.25) is 11.8 Å². The minimum Gasteiger partial charge on any atom is -0.354 e.